The van der Waals surface area contributed by atoms with Gasteiger partial charge in [-0.05, 0) is 24.2 Å². The third-order valence-corrected chi connectivity index (χ3v) is 1.72. The minimum atomic E-state index is 0.771. The molecule has 0 rings (SSSR count). The van der Waals surface area contributed by atoms with Gasteiger partial charge in [-0.3, -0.25) is 0 Å². The average Bonchev–Trinajstić information content (AvgIpc) is 1.63. The van der Waals surface area contributed by atoms with Gasteiger partial charge in [0, 0.05) is 0 Å². The second-order valence-electron chi connectivity index (χ2n) is 3.60. The molecule has 0 aromatic rings. The van der Waals surface area contributed by atoms with Crippen molar-refractivity contribution < 1.29 is 0 Å². The summed E-state index contributed by atoms with van der Waals surface area (Å²) in [4.78, 5) is 0. The maximum Gasteiger partial charge on any atom is -0.0244 e. The Morgan fingerprint density at radius 1 is 1.11 bits per heavy atom. The van der Waals surface area contributed by atoms with Gasteiger partial charge in [-0.1, -0.05) is 34.6 Å². The molecule has 0 nitrogen and oxygen atoms in total. The highest BCUT2D eigenvalue weighted by Gasteiger charge is 2.08. The minimum absolute atomic E-state index is 0.771. The molecule has 0 bridgehead atoms. The first kappa shape index (κ1) is 9.00. The molecule has 0 aliphatic heterocycles. The van der Waals surface area contributed by atoms with Crippen LogP contribution in [0, 0.1) is 17.8 Å². The first-order valence-electron chi connectivity index (χ1n) is 3.86. The van der Waals surface area contributed by atoms with Crippen molar-refractivity contribution in [3.05, 3.63) is 5.92 Å². The summed E-state index contributed by atoms with van der Waals surface area (Å²) >= 11 is 0. The van der Waals surface area contributed by atoms with Crippen LogP contribution in [0.4, 0.5) is 0 Å². The Kier molecular flexibility index (Phi) is 3.92. The number of hydrogen-bond acceptors (Lipinski definition) is 0. The predicted molar refractivity (Wildman–Crippen MR) is 43.2 cm³/mol. The molecule has 0 saturated carbocycles. The summed E-state index contributed by atoms with van der Waals surface area (Å²) in [5.74, 6) is 3.23. The van der Waals surface area contributed by atoms with E-state index in [1.165, 1.54) is 6.42 Å². The highest BCUT2D eigenvalue weighted by Crippen LogP contribution is 2.20. The van der Waals surface area contributed by atoms with E-state index >= 15 is 0 Å². The fourth-order valence-corrected chi connectivity index (χ4v) is 0.880. The third kappa shape index (κ3) is 4.50. The first-order chi connectivity index (χ1) is 4.04. The van der Waals surface area contributed by atoms with Gasteiger partial charge in [0.15, 0.2) is 0 Å². The van der Waals surface area contributed by atoms with Crippen molar-refractivity contribution in [3.8, 4) is 0 Å². The predicted octanol–water partition coefficient (Wildman–Crippen LogP) is 3.28. The molecule has 0 aliphatic carbocycles. The van der Waals surface area contributed by atoms with E-state index < -0.39 is 0 Å². The van der Waals surface area contributed by atoms with E-state index in [9.17, 15) is 0 Å². The zero-order chi connectivity index (χ0) is 7.44. The third-order valence-electron chi connectivity index (χ3n) is 1.72. The molecule has 0 amide bonds. The van der Waals surface area contributed by atoms with Crippen LogP contribution in [0.15, 0.2) is 0 Å². The maximum absolute atomic E-state index is 2.27. The van der Waals surface area contributed by atoms with Gasteiger partial charge in [0.25, 0.3) is 0 Å². The summed E-state index contributed by atoms with van der Waals surface area (Å²) in [5.41, 5.74) is 0. The van der Waals surface area contributed by atoms with Gasteiger partial charge in [0.2, 0.25) is 0 Å². The van der Waals surface area contributed by atoms with Crippen molar-refractivity contribution in [1.82, 2.24) is 0 Å². The molecule has 0 atom stereocenters. The summed E-state index contributed by atoms with van der Waals surface area (Å²) < 4.78 is 0. The summed E-state index contributed by atoms with van der Waals surface area (Å²) in [7, 11) is 0. The van der Waals surface area contributed by atoms with E-state index in [4.69, 9.17) is 0 Å². The van der Waals surface area contributed by atoms with Crippen LogP contribution < -0.4 is 0 Å². The van der Waals surface area contributed by atoms with E-state index in [-0.39, 0.29) is 0 Å². The van der Waals surface area contributed by atoms with Crippen LogP contribution in [0.25, 0.3) is 0 Å². The van der Waals surface area contributed by atoms with Gasteiger partial charge in [-0.25, -0.2) is 0 Å². The van der Waals surface area contributed by atoms with Crippen molar-refractivity contribution in [2.24, 2.45) is 11.8 Å². The van der Waals surface area contributed by atoms with Crippen LogP contribution in [-0.4, -0.2) is 0 Å². The lowest BCUT2D eigenvalue weighted by molar-refractivity contribution is 0.517. The van der Waals surface area contributed by atoms with Crippen molar-refractivity contribution in [2.45, 2.75) is 41.0 Å². The molecular formula is C9H19. The topological polar surface area (TPSA) is 0 Å². The van der Waals surface area contributed by atoms with E-state index in [2.05, 4.69) is 34.6 Å². The van der Waals surface area contributed by atoms with Crippen molar-refractivity contribution >= 4 is 0 Å². The molecule has 0 N–H and O–H groups in total. The maximum atomic E-state index is 2.27. The van der Waals surface area contributed by atoms with Crippen molar-refractivity contribution in [2.75, 3.05) is 0 Å². The Balaban J connectivity index is 3.38. The molecule has 55 valence electrons. The lowest BCUT2D eigenvalue weighted by atomic mass is 9.90. The van der Waals surface area contributed by atoms with E-state index in [1.807, 2.05) is 0 Å². The second kappa shape index (κ2) is 3.92. The summed E-state index contributed by atoms with van der Waals surface area (Å²) in [6.45, 7) is 11.3. The van der Waals surface area contributed by atoms with Crippen molar-refractivity contribution in [1.29, 1.82) is 0 Å². The quantitative estimate of drug-likeness (QED) is 0.545. The van der Waals surface area contributed by atoms with E-state index in [1.54, 1.807) is 5.92 Å². The molecular weight excluding hydrogens is 108 g/mol. The Bertz CT molecular complexity index is 62.4. The lowest BCUT2D eigenvalue weighted by Gasteiger charge is -2.16. The summed E-state index contributed by atoms with van der Waals surface area (Å²) in [5, 5.41) is 0. The van der Waals surface area contributed by atoms with Crippen LogP contribution in [0.5, 0.6) is 0 Å². The van der Waals surface area contributed by atoms with Gasteiger partial charge in [0.1, 0.15) is 0 Å². The van der Waals surface area contributed by atoms with E-state index in [0.717, 1.165) is 11.8 Å². The fraction of sp³-hybridized carbons (Fsp3) is 0.889. The molecule has 0 fully saturated rings. The molecule has 9 heavy (non-hydrogen) atoms. The zero-order valence-corrected chi connectivity index (χ0v) is 7.36. The standard InChI is InChI=1S/C9H19/c1-7(2)6-9(5)8(3)4/h7-8H,6H2,1-5H3. The zero-order valence-electron chi connectivity index (χ0n) is 7.36. The highest BCUT2D eigenvalue weighted by molar-refractivity contribution is 4.87. The molecule has 0 heterocycles. The molecule has 0 aromatic heterocycles. The summed E-state index contributed by atoms with van der Waals surface area (Å²) in [6, 6.07) is 0. The smallest absolute Gasteiger partial charge is 0.0244 e. The first-order valence-corrected chi connectivity index (χ1v) is 3.86. The van der Waals surface area contributed by atoms with Gasteiger partial charge in [0.05, 0.1) is 0 Å². The summed E-state index contributed by atoms with van der Waals surface area (Å²) in [6.07, 6.45) is 1.29. The number of rotatable bonds is 3. The van der Waals surface area contributed by atoms with Gasteiger partial charge < -0.3 is 0 Å². The Labute approximate surface area is 59.7 Å². The molecule has 0 aliphatic rings. The number of hydrogen-bond donors (Lipinski definition) is 0. The molecule has 0 unspecified atom stereocenters. The second-order valence-corrected chi connectivity index (χ2v) is 3.60. The van der Waals surface area contributed by atoms with Crippen LogP contribution in [0.1, 0.15) is 41.0 Å². The normalized spacial score (nSPS) is 12.0. The van der Waals surface area contributed by atoms with E-state index in [0.29, 0.717) is 0 Å². The monoisotopic (exact) mass is 127 g/mol. The van der Waals surface area contributed by atoms with Crippen LogP contribution >= 0.6 is 0 Å². The van der Waals surface area contributed by atoms with Gasteiger partial charge >= 0.3 is 0 Å². The Hall–Kier alpha value is 0. The molecule has 0 saturated heterocycles. The van der Waals surface area contributed by atoms with Crippen LogP contribution in [-0.2, 0) is 0 Å². The van der Waals surface area contributed by atoms with Crippen LogP contribution in [0.2, 0.25) is 0 Å². The van der Waals surface area contributed by atoms with Crippen LogP contribution in [0.3, 0.4) is 0 Å². The molecule has 0 aromatic carbocycles. The average molecular weight is 127 g/mol. The van der Waals surface area contributed by atoms with Gasteiger partial charge in [-0.15, -0.1) is 0 Å². The molecule has 0 heteroatoms. The minimum Gasteiger partial charge on any atom is -0.0628 e. The highest BCUT2D eigenvalue weighted by atomic mass is 14.1. The fourth-order valence-electron chi connectivity index (χ4n) is 0.880. The van der Waals surface area contributed by atoms with Crippen molar-refractivity contribution in [3.63, 3.8) is 0 Å². The Morgan fingerprint density at radius 3 is 1.67 bits per heavy atom. The largest absolute Gasteiger partial charge is 0.0628 e. The SMILES string of the molecule is C[C](CC(C)C)C(C)C. The molecule has 0 spiro atoms. The van der Waals surface area contributed by atoms with Gasteiger partial charge in [-0.2, -0.15) is 0 Å². The Morgan fingerprint density at radius 2 is 1.56 bits per heavy atom. The molecule has 1 radical (unpaired) electrons. The lowest BCUT2D eigenvalue weighted by Crippen LogP contribution is -2.04.